The van der Waals surface area contributed by atoms with Crippen LogP contribution < -0.4 is 0 Å². The van der Waals surface area contributed by atoms with Gasteiger partial charge in [0.1, 0.15) is 11.7 Å². The molecule has 3 nitrogen and oxygen atoms in total. The Bertz CT molecular complexity index is 180. The first-order valence-corrected chi connectivity index (χ1v) is 4.39. The van der Waals surface area contributed by atoms with Crippen LogP contribution in [0, 0.1) is 5.41 Å². The molecule has 0 radical (unpaired) electrons. The number of hydrogen-bond donors (Lipinski definition) is 0. The first kappa shape index (κ1) is 9.23. The maximum atomic E-state index is 11.3. The largest absolute Gasteiger partial charge is 0.465 e. The molecular weight excluding hydrogens is 156 g/mol. The van der Waals surface area contributed by atoms with E-state index in [0.717, 1.165) is 19.1 Å². The van der Waals surface area contributed by atoms with E-state index in [1.54, 1.807) is 6.92 Å². The Morgan fingerprint density at radius 3 is 2.50 bits per heavy atom. The van der Waals surface area contributed by atoms with Gasteiger partial charge in [-0.15, -0.1) is 0 Å². The van der Waals surface area contributed by atoms with Gasteiger partial charge in [-0.25, -0.2) is 0 Å². The smallest absolute Gasteiger partial charge is 0.319 e. The van der Waals surface area contributed by atoms with Crippen molar-refractivity contribution in [3.8, 4) is 0 Å². The second-order valence-corrected chi connectivity index (χ2v) is 3.20. The van der Waals surface area contributed by atoms with Crippen LogP contribution in [0.4, 0.5) is 0 Å². The summed E-state index contributed by atoms with van der Waals surface area (Å²) in [5.74, 6) is -0.336. The number of esters is 1. The molecule has 0 unspecified atom stereocenters. The summed E-state index contributed by atoms with van der Waals surface area (Å²) < 4.78 is 4.85. The van der Waals surface area contributed by atoms with Crippen molar-refractivity contribution in [1.82, 2.24) is 0 Å². The van der Waals surface area contributed by atoms with E-state index in [1.807, 2.05) is 0 Å². The monoisotopic (exact) mass is 170 g/mol. The fraction of sp³-hybridized carbons (Fsp3) is 0.778. The summed E-state index contributed by atoms with van der Waals surface area (Å²) in [4.78, 5) is 22.1. The van der Waals surface area contributed by atoms with Gasteiger partial charge >= 0.3 is 5.97 Å². The van der Waals surface area contributed by atoms with Crippen LogP contribution in [-0.4, -0.2) is 18.9 Å². The molecule has 1 aliphatic rings. The lowest BCUT2D eigenvalue weighted by Gasteiger charge is -2.18. The maximum absolute atomic E-state index is 11.3. The quantitative estimate of drug-likeness (QED) is 0.364. The van der Waals surface area contributed by atoms with Crippen LogP contribution in [-0.2, 0) is 14.3 Å². The molecule has 0 aromatic rings. The van der Waals surface area contributed by atoms with Crippen LogP contribution in [0.2, 0.25) is 0 Å². The van der Waals surface area contributed by atoms with Crippen LogP contribution in [0.1, 0.15) is 32.6 Å². The molecular formula is C9H14O3. The summed E-state index contributed by atoms with van der Waals surface area (Å²) in [6, 6.07) is 0. The fourth-order valence-electron chi connectivity index (χ4n) is 1.65. The highest BCUT2D eigenvalue weighted by molar-refractivity contribution is 5.93. The first-order valence-electron chi connectivity index (χ1n) is 4.39. The zero-order valence-electron chi connectivity index (χ0n) is 7.34. The summed E-state index contributed by atoms with van der Waals surface area (Å²) >= 11 is 0. The van der Waals surface area contributed by atoms with E-state index in [9.17, 15) is 9.59 Å². The highest BCUT2D eigenvalue weighted by Gasteiger charge is 2.42. The number of ether oxygens (including phenoxy) is 1. The van der Waals surface area contributed by atoms with Crippen LogP contribution in [0.15, 0.2) is 0 Å². The Kier molecular flexibility index (Phi) is 2.84. The molecule has 1 fully saturated rings. The number of rotatable bonds is 3. The number of hydrogen-bond acceptors (Lipinski definition) is 3. The van der Waals surface area contributed by atoms with Gasteiger partial charge in [-0.3, -0.25) is 4.79 Å². The van der Waals surface area contributed by atoms with Crippen molar-refractivity contribution in [1.29, 1.82) is 0 Å². The molecule has 1 saturated carbocycles. The van der Waals surface area contributed by atoms with E-state index in [-0.39, 0.29) is 5.97 Å². The Morgan fingerprint density at radius 1 is 1.50 bits per heavy atom. The Balaban J connectivity index is 2.65. The molecule has 1 aliphatic carbocycles. The predicted molar refractivity (Wildman–Crippen MR) is 43.6 cm³/mol. The number of carbonyl (C=O) groups is 2. The van der Waals surface area contributed by atoms with Crippen molar-refractivity contribution < 1.29 is 14.3 Å². The topological polar surface area (TPSA) is 43.4 Å². The first-order chi connectivity index (χ1) is 5.75. The van der Waals surface area contributed by atoms with E-state index >= 15 is 0 Å². The summed E-state index contributed by atoms with van der Waals surface area (Å²) in [5, 5.41) is 0. The third-order valence-electron chi connectivity index (χ3n) is 2.40. The second kappa shape index (κ2) is 3.70. The average molecular weight is 170 g/mol. The molecule has 68 valence electrons. The number of aldehydes is 1. The van der Waals surface area contributed by atoms with E-state index in [4.69, 9.17) is 4.74 Å². The van der Waals surface area contributed by atoms with Gasteiger partial charge in [0.2, 0.25) is 0 Å². The van der Waals surface area contributed by atoms with Crippen LogP contribution in [0.3, 0.4) is 0 Å². The van der Waals surface area contributed by atoms with Gasteiger partial charge in [0.05, 0.1) is 6.61 Å². The minimum absolute atomic E-state index is 0.336. The van der Waals surface area contributed by atoms with Gasteiger partial charge in [-0.1, -0.05) is 12.8 Å². The van der Waals surface area contributed by atoms with Gasteiger partial charge < -0.3 is 9.53 Å². The fourth-order valence-corrected chi connectivity index (χ4v) is 1.65. The van der Waals surface area contributed by atoms with E-state index in [0.29, 0.717) is 19.4 Å². The van der Waals surface area contributed by atoms with E-state index in [1.165, 1.54) is 0 Å². The van der Waals surface area contributed by atoms with E-state index < -0.39 is 5.41 Å². The minimum atomic E-state index is -0.796. The SMILES string of the molecule is CCOC(=O)C1(C=O)CCCC1. The predicted octanol–water partition coefficient (Wildman–Crippen LogP) is 1.31. The Labute approximate surface area is 72.1 Å². The van der Waals surface area contributed by atoms with Gasteiger partial charge in [0.15, 0.2) is 0 Å². The minimum Gasteiger partial charge on any atom is -0.465 e. The average Bonchev–Trinajstić information content (AvgIpc) is 2.54. The third-order valence-corrected chi connectivity index (χ3v) is 2.40. The van der Waals surface area contributed by atoms with Crippen LogP contribution >= 0.6 is 0 Å². The summed E-state index contributed by atoms with van der Waals surface area (Å²) in [5.41, 5.74) is -0.796. The van der Waals surface area contributed by atoms with Crippen molar-refractivity contribution in [3.05, 3.63) is 0 Å². The van der Waals surface area contributed by atoms with Gasteiger partial charge in [-0.2, -0.15) is 0 Å². The van der Waals surface area contributed by atoms with Crippen molar-refractivity contribution >= 4 is 12.3 Å². The third kappa shape index (κ3) is 1.49. The maximum Gasteiger partial charge on any atom is 0.319 e. The molecule has 1 rings (SSSR count). The molecule has 0 spiro atoms. The summed E-state index contributed by atoms with van der Waals surface area (Å²) in [7, 11) is 0. The molecule has 0 aromatic carbocycles. The molecule has 0 heterocycles. The Hall–Kier alpha value is -0.860. The van der Waals surface area contributed by atoms with Gasteiger partial charge in [0.25, 0.3) is 0 Å². The highest BCUT2D eigenvalue weighted by atomic mass is 16.5. The summed E-state index contributed by atoms with van der Waals surface area (Å²) in [6.07, 6.45) is 4.00. The lowest BCUT2D eigenvalue weighted by Crippen LogP contribution is -2.31. The highest BCUT2D eigenvalue weighted by Crippen LogP contribution is 2.37. The molecule has 0 saturated heterocycles. The van der Waals surface area contributed by atoms with E-state index in [2.05, 4.69) is 0 Å². The normalized spacial score (nSPS) is 20.4. The molecule has 0 amide bonds. The Morgan fingerprint density at radius 2 is 2.08 bits per heavy atom. The van der Waals surface area contributed by atoms with Crippen LogP contribution in [0.25, 0.3) is 0 Å². The summed E-state index contributed by atoms with van der Waals surface area (Å²) in [6.45, 7) is 2.11. The molecule has 3 heteroatoms. The van der Waals surface area contributed by atoms with Crippen LogP contribution in [0.5, 0.6) is 0 Å². The lowest BCUT2D eigenvalue weighted by atomic mass is 9.88. The van der Waals surface area contributed by atoms with Crippen molar-refractivity contribution in [2.45, 2.75) is 32.6 Å². The van der Waals surface area contributed by atoms with Crippen molar-refractivity contribution in [3.63, 3.8) is 0 Å². The molecule has 0 bridgehead atoms. The molecule has 0 aromatic heterocycles. The molecule has 0 N–H and O–H groups in total. The number of carbonyl (C=O) groups excluding carboxylic acids is 2. The van der Waals surface area contributed by atoms with Crippen molar-refractivity contribution in [2.75, 3.05) is 6.61 Å². The standard InChI is InChI=1S/C9H14O3/c1-2-12-8(11)9(7-10)5-3-4-6-9/h7H,2-6H2,1H3. The molecule has 0 atom stereocenters. The van der Waals surface area contributed by atoms with Crippen molar-refractivity contribution in [2.24, 2.45) is 5.41 Å². The zero-order chi connectivity index (χ0) is 9.03. The lowest BCUT2D eigenvalue weighted by molar-refractivity contribution is -0.156. The molecule has 0 aliphatic heterocycles. The molecule has 12 heavy (non-hydrogen) atoms. The van der Waals surface area contributed by atoms with Gasteiger partial charge in [0, 0.05) is 0 Å². The second-order valence-electron chi connectivity index (χ2n) is 3.20. The van der Waals surface area contributed by atoms with Gasteiger partial charge in [-0.05, 0) is 19.8 Å². The zero-order valence-corrected chi connectivity index (χ0v) is 7.34.